The van der Waals surface area contributed by atoms with E-state index in [1.54, 1.807) is 6.33 Å². The van der Waals surface area contributed by atoms with E-state index in [-0.39, 0.29) is 0 Å². The van der Waals surface area contributed by atoms with Crippen LogP contribution in [0.15, 0.2) is 12.4 Å². The first kappa shape index (κ1) is 12.3. The minimum Gasteiger partial charge on any atom is -0.367 e. The number of nitrogens with one attached hydrogen (secondary N) is 1. The van der Waals surface area contributed by atoms with Crippen molar-refractivity contribution in [3.05, 3.63) is 18.1 Å². The van der Waals surface area contributed by atoms with Crippen LogP contribution in [0.4, 0.5) is 5.82 Å². The SMILES string of the molecule is CC(C)c1cc(NC2CCC(N)CC2)ncn1. The van der Waals surface area contributed by atoms with Gasteiger partial charge in [0, 0.05) is 23.8 Å². The smallest absolute Gasteiger partial charge is 0.129 e. The highest BCUT2D eigenvalue weighted by atomic mass is 15.0. The van der Waals surface area contributed by atoms with Gasteiger partial charge in [-0.1, -0.05) is 13.8 Å². The molecule has 0 aromatic carbocycles. The second-order valence-electron chi connectivity index (χ2n) is 5.24. The van der Waals surface area contributed by atoms with Crippen molar-refractivity contribution in [2.24, 2.45) is 5.73 Å². The molecule has 0 aliphatic heterocycles. The maximum absolute atomic E-state index is 5.90. The fourth-order valence-electron chi connectivity index (χ4n) is 2.24. The van der Waals surface area contributed by atoms with Gasteiger partial charge in [-0.05, 0) is 31.6 Å². The van der Waals surface area contributed by atoms with E-state index in [9.17, 15) is 0 Å². The van der Waals surface area contributed by atoms with E-state index < -0.39 is 0 Å². The Morgan fingerprint density at radius 1 is 1.24 bits per heavy atom. The summed E-state index contributed by atoms with van der Waals surface area (Å²) in [5.74, 6) is 1.39. The van der Waals surface area contributed by atoms with Crippen molar-refractivity contribution in [3.8, 4) is 0 Å². The molecular formula is C13H22N4. The van der Waals surface area contributed by atoms with Gasteiger partial charge in [0.25, 0.3) is 0 Å². The third-order valence-electron chi connectivity index (χ3n) is 3.40. The van der Waals surface area contributed by atoms with Crippen LogP contribution in [0.5, 0.6) is 0 Å². The summed E-state index contributed by atoms with van der Waals surface area (Å²) in [4.78, 5) is 8.55. The van der Waals surface area contributed by atoms with E-state index in [1.807, 2.05) is 0 Å². The van der Waals surface area contributed by atoms with Crippen molar-refractivity contribution in [2.45, 2.75) is 57.5 Å². The van der Waals surface area contributed by atoms with Gasteiger partial charge in [-0.15, -0.1) is 0 Å². The standard InChI is InChI=1S/C13H22N4/c1-9(2)12-7-13(16-8-15-12)17-11-5-3-10(14)4-6-11/h7-11H,3-6,14H2,1-2H3,(H,15,16,17). The Morgan fingerprint density at radius 2 is 1.94 bits per heavy atom. The van der Waals surface area contributed by atoms with Crippen LogP contribution >= 0.6 is 0 Å². The average molecular weight is 234 g/mol. The third kappa shape index (κ3) is 3.40. The number of rotatable bonds is 3. The van der Waals surface area contributed by atoms with Crippen molar-refractivity contribution in [3.63, 3.8) is 0 Å². The minimum atomic E-state index is 0.393. The lowest BCUT2D eigenvalue weighted by Crippen LogP contribution is -2.33. The summed E-state index contributed by atoms with van der Waals surface area (Å²) < 4.78 is 0. The highest BCUT2D eigenvalue weighted by Crippen LogP contribution is 2.21. The topological polar surface area (TPSA) is 63.8 Å². The van der Waals surface area contributed by atoms with Crippen LogP contribution in [0.1, 0.15) is 51.1 Å². The highest BCUT2D eigenvalue weighted by Gasteiger charge is 2.18. The number of nitrogens with zero attached hydrogens (tertiary/aromatic N) is 2. The summed E-state index contributed by atoms with van der Waals surface area (Å²) in [6.45, 7) is 4.29. The summed E-state index contributed by atoms with van der Waals surface area (Å²) in [6.07, 6.45) is 6.15. The molecule has 0 unspecified atom stereocenters. The zero-order chi connectivity index (χ0) is 12.3. The molecule has 1 aromatic rings. The normalized spacial score (nSPS) is 24.9. The van der Waals surface area contributed by atoms with Crippen molar-refractivity contribution in [1.29, 1.82) is 0 Å². The molecule has 1 aliphatic carbocycles. The Morgan fingerprint density at radius 3 is 2.59 bits per heavy atom. The number of anilines is 1. The zero-order valence-electron chi connectivity index (χ0n) is 10.7. The number of nitrogens with two attached hydrogens (primary N) is 1. The number of aromatic nitrogens is 2. The van der Waals surface area contributed by atoms with E-state index in [0.717, 1.165) is 37.2 Å². The number of hydrogen-bond acceptors (Lipinski definition) is 4. The Hall–Kier alpha value is -1.16. The summed E-state index contributed by atoms with van der Waals surface area (Å²) in [5.41, 5.74) is 6.99. The molecule has 1 saturated carbocycles. The largest absolute Gasteiger partial charge is 0.367 e. The average Bonchev–Trinajstić information content (AvgIpc) is 2.32. The van der Waals surface area contributed by atoms with Gasteiger partial charge in [-0.2, -0.15) is 0 Å². The first-order valence-corrected chi connectivity index (χ1v) is 6.49. The fourth-order valence-corrected chi connectivity index (χ4v) is 2.24. The van der Waals surface area contributed by atoms with Crippen LogP contribution in [0, 0.1) is 0 Å². The second-order valence-corrected chi connectivity index (χ2v) is 5.24. The maximum atomic E-state index is 5.90. The van der Waals surface area contributed by atoms with E-state index in [2.05, 4.69) is 35.2 Å². The van der Waals surface area contributed by atoms with E-state index in [1.165, 1.54) is 0 Å². The monoisotopic (exact) mass is 234 g/mol. The van der Waals surface area contributed by atoms with Crippen molar-refractivity contribution in [1.82, 2.24) is 9.97 Å². The van der Waals surface area contributed by atoms with Gasteiger partial charge < -0.3 is 11.1 Å². The maximum Gasteiger partial charge on any atom is 0.129 e. The zero-order valence-corrected chi connectivity index (χ0v) is 10.7. The second kappa shape index (κ2) is 5.45. The Labute approximate surface area is 103 Å². The lowest BCUT2D eigenvalue weighted by atomic mass is 9.92. The molecule has 3 N–H and O–H groups in total. The Balaban J connectivity index is 1.96. The molecule has 1 aromatic heterocycles. The van der Waals surface area contributed by atoms with Crippen LogP contribution in [0.3, 0.4) is 0 Å². The van der Waals surface area contributed by atoms with E-state index in [0.29, 0.717) is 18.0 Å². The van der Waals surface area contributed by atoms with Crippen LogP contribution in [0.2, 0.25) is 0 Å². The lowest BCUT2D eigenvalue weighted by Gasteiger charge is -2.27. The molecule has 1 fully saturated rings. The van der Waals surface area contributed by atoms with Gasteiger partial charge in [-0.3, -0.25) is 0 Å². The van der Waals surface area contributed by atoms with Crippen molar-refractivity contribution < 1.29 is 0 Å². The van der Waals surface area contributed by atoms with E-state index in [4.69, 9.17) is 5.73 Å². The summed E-state index contributed by atoms with van der Waals surface area (Å²) in [7, 11) is 0. The van der Waals surface area contributed by atoms with Crippen LogP contribution in [-0.4, -0.2) is 22.1 Å². The molecule has 0 atom stereocenters. The van der Waals surface area contributed by atoms with Gasteiger partial charge in [-0.25, -0.2) is 9.97 Å². The van der Waals surface area contributed by atoms with Gasteiger partial charge in [0.05, 0.1) is 0 Å². The lowest BCUT2D eigenvalue weighted by molar-refractivity contribution is 0.410. The quantitative estimate of drug-likeness (QED) is 0.842. The van der Waals surface area contributed by atoms with Crippen molar-refractivity contribution >= 4 is 5.82 Å². The Kier molecular flexibility index (Phi) is 3.94. The molecule has 4 heteroatoms. The first-order valence-electron chi connectivity index (χ1n) is 6.49. The summed E-state index contributed by atoms with van der Waals surface area (Å²) >= 11 is 0. The molecule has 0 amide bonds. The molecule has 0 radical (unpaired) electrons. The highest BCUT2D eigenvalue weighted by molar-refractivity contribution is 5.36. The minimum absolute atomic E-state index is 0.393. The van der Waals surface area contributed by atoms with Crippen molar-refractivity contribution in [2.75, 3.05) is 5.32 Å². The summed E-state index contributed by atoms with van der Waals surface area (Å²) in [5, 5.41) is 3.49. The first-order chi connectivity index (χ1) is 8.15. The predicted molar refractivity (Wildman–Crippen MR) is 70.0 cm³/mol. The van der Waals surface area contributed by atoms with Gasteiger partial charge in [0.1, 0.15) is 12.1 Å². The fraction of sp³-hybridized carbons (Fsp3) is 0.692. The molecular weight excluding hydrogens is 212 g/mol. The molecule has 0 spiro atoms. The molecule has 4 nitrogen and oxygen atoms in total. The molecule has 0 saturated heterocycles. The Bertz CT molecular complexity index is 356. The third-order valence-corrected chi connectivity index (χ3v) is 3.40. The summed E-state index contributed by atoms with van der Waals surface area (Å²) in [6, 6.07) is 2.97. The molecule has 1 heterocycles. The predicted octanol–water partition coefficient (Wildman–Crippen LogP) is 2.28. The van der Waals surface area contributed by atoms with Gasteiger partial charge in [0.2, 0.25) is 0 Å². The molecule has 2 rings (SSSR count). The molecule has 17 heavy (non-hydrogen) atoms. The molecule has 0 bridgehead atoms. The van der Waals surface area contributed by atoms with Crippen LogP contribution in [0.25, 0.3) is 0 Å². The van der Waals surface area contributed by atoms with Crippen LogP contribution in [-0.2, 0) is 0 Å². The molecule has 1 aliphatic rings. The van der Waals surface area contributed by atoms with E-state index >= 15 is 0 Å². The van der Waals surface area contributed by atoms with Gasteiger partial charge in [0.15, 0.2) is 0 Å². The molecule has 94 valence electrons. The number of hydrogen-bond donors (Lipinski definition) is 2. The van der Waals surface area contributed by atoms with Gasteiger partial charge >= 0.3 is 0 Å². The van der Waals surface area contributed by atoms with Crippen LogP contribution < -0.4 is 11.1 Å².